The van der Waals surface area contributed by atoms with E-state index in [-0.39, 0.29) is 11.3 Å². The summed E-state index contributed by atoms with van der Waals surface area (Å²) in [4.78, 5) is 34.2. The van der Waals surface area contributed by atoms with E-state index in [1.54, 1.807) is 0 Å². The second-order valence-electron chi connectivity index (χ2n) is 4.74. The van der Waals surface area contributed by atoms with Crippen LogP contribution in [0.2, 0.25) is 0 Å². The second kappa shape index (κ2) is 7.31. The zero-order chi connectivity index (χ0) is 18.6. The standard InChI is InChI=1S/C15H9F2N3O5/c16-15(17)25-12-3-1-9(2-4-12)13(21)8-19-7-11(20(23)24)5-10(6-18)14(19)22/h1-5,7,15H,8H2. The van der Waals surface area contributed by atoms with Crippen LogP contribution in [-0.2, 0) is 6.54 Å². The third kappa shape index (κ3) is 4.23. The Morgan fingerprint density at radius 2 is 2.00 bits per heavy atom. The lowest BCUT2D eigenvalue weighted by Gasteiger charge is -2.07. The summed E-state index contributed by atoms with van der Waals surface area (Å²) in [5, 5.41) is 19.7. The minimum Gasteiger partial charge on any atom is -0.435 e. The highest BCUT2D eigenvalue weighted by Gasteiger charge is 2.16. The van der Waals surface area contributed by atoms with Gasteiger partial charge in [-0.15, -0.1) is 0 Å². The predicted octanol–water partition coefficient (Wildman–Crippen LogP) is 2.11. The highest BCUT2D eigenvalue weighted by Crippen LogP contribution is 2.16. The highest BCUT2D eigenvalue weighted by atomic mass is 19.3. The molecule has 2 rings (SSSR count). The maximum absolute atomic E-state index is 12.2. The maximum atomic E-state index is 12.2. The van der Waals surface area contributed by atoms with Crippen LogP contribution >= 0.6 is 0 Å². The summed E-state index contributed by atoms with van der Waals surface area (Å²) in [6.07, 6.45) is 0.856. The van der Waals surface area contributed by atoms with Crippen molar-refractivity contribution < 1.29 is 23.2 Å². The number of carbonyl (C=O) groups excluding carboxylic acids is 1. The van der Waals surface area contributed by atoms with Crippen molar-refractivity contribution >= 4 is 11.5 Å². The molecule has 0 spiro atoms. The number of aromatic nitrogens is 1. The van der Waals surface area contributed by atoms with Crippen LogP contribution in [0.3, 0.4) is 0 Å². The molecule has 1 aromatic carbocycles. The fourth-order valence-electron chi connectivity index (χ4n) is 1.99. The first-order valence-electron chi connectivity index (χ1n) is 6.69. The number of Topliss-reactive ketones (excluding diaryl/α,β-unsaturated/α-hetero) is 1. The average Bonchev–Trinajstić information content (AvgIpc) is 2.56. The van der Waals surface area contributed by atoms with E-state index in [1.165, 1.54) is 18.2 Å². The Morgan fingerprint density at radius 1 is 1.36 bits per heavy atom. The van der Waals surface area contributed by atoms with Gasteiger partial charge in [-0.05, 0) is 24.3 Å². The summed E-state index contributed by atoms with van der Waals surface area (Å²) in [6, 6.07) is 7.08. The summed E-state index contributed by atoms with van der Waals surface area (Å²) >= 11 is 0. The average molecular weight is 349 g/mol. The van der Waals surface area contributed by atoms with E-state index < -0.39 is 40.7 Å². The zero-order valence-electron chi connectivity index (χ0n) is 12.4. The van der Waals surface area contributed by atoms with E-state index in [4.69, 9.17) is 5.26 Å². The van der Waals surface area contributed by atoms with Gasteiger partial charge in [0.1, 0.15) is 17.4 Å². The van der Waals surface area contributed by atoms with E-state index in [9.17, 15) is 28.5 Å². The van der Waals surface area contributed by atoms with Crippen LogP contribution in [0.5, 0.6) is 5.75 Å². The smallest absolute Gasteiger partial charge is 0.387 e. The molecule has 0 saturated carbocycles. The van der Waals surface area contributed by atoms with Gasteiger partial charge in [-0.1, -0.05) is 0 Å². The Morgan fingerprint density at radius 3 is 2.52 bits per heavy atom. The quantitative estimate of drug-likeness (QED) is 0.448. The number of nitriles is 1. The first-order valence-corrected chi connectivity index (χ1v) is 6.69. The number of carbonyl (C=O) groups is 1. The van der Waals surface area contributed by atoms with Gasteiger partial charge in [0.25, 0.3) is 11.2 Å². The Bertz CT molecular complexity index is 916. The lowest BCUT2D eigenvalue weighted by atomic mass is 10.1. The van der Waals surface area contributed by atoms with Crippen LogP contribution in [0.25, 0.3) is 0 Å². The molecule has 0 aliphatic carbocycles. The van der Waals surface area contributed by atoms with Crippen LogP contribution in [0.1, 0.15) is 15.9 Å². The summed E-state index contributed by atoms with van der Waals surface area (Å²) in [5.41, 5.74) is -1.75. The molecule has 0 unspecified atom stereocenters. The number of ether oxygens (including phenoxy) is 1. The van der Waals surface area contributed by atoms with Crippen LogP contribution in [0.4, 0.5) is 14.5 Å². The summed E-state index contributed by atoms with van der Waals surface area (Å²) < 4.78 is 29.1. The molecule has 128 valence electrons. The Hall–Kier alpha value is -3.61. The topological polar surface area (TPSA) is 115 Å². The Labute approximate surface area is 138 Å². The molecule has 0 atom stereocenters. The van der Waals surface area contributed by atoms with Gasteiger partial charge >= 0.3 is 6.61 Å². The molecule has 8 nitrogen and oxygen atoms in total. The number of nitrogens with zero attached hydrogens (tertiary/aromatic N) is 3. The predicted molar refractivity (Wildman–Crippen MR) is 79.5 cm³/mol. The minimum atomic E-state index is -3.01. The monoisotopic (exact) mass is 349 g/mol. The van der Waals surface area contributed by atoms with Crippen molar-refractivity contribution in [3.05, 3.63) is 68.1 Å². The van der Waals surface area contributed by atoms with Crippen molar-refractivity contribution in [3.8, 4) is 11.8 Å². The fourth-order valence-corrected chi connectivity index (χ4v) is 1.99. The van der Waals surface area contributed by atoms with Crippen LogP contribution in [0, 0.1) is 21.4 Å². The first kappa shape index (κ1) is 17.7. The lowest BCUT2D eigenvalue weighted by Crippen LogP contribution is -2.26. The maximum Gasteiger partial charge on any atom is 0.387 e. The number of halogens is 2. The SMILES string of the molecule is N#Cc1cc([N+](=O)[O-])cn(CC(=O)c2ccc(OC(F)F)cc2)c1=O. The molecular formula is C15H9F2N3O5. The molecule has 2 aromatic rings. The van der Waals surface area contributed by atoms with Crippen molar-refractivity contribution in [2.24, 2.45) is 0 Å². The van der Waals surface area contributed by atoms with E-state index in [2.05, 4.69) is 4.74 Å². The summed E-state index contributed by atoms with van der Waals surface area (Å²) in [5.74, 6) is -0.749. The molecule has 25 heavy (non-hydrogen) atoms. The van der Waals surface area contributed by atoms with Crippen molar-refractivity contribution in [1.82, 2.24) is 4.57 Å². The van der Waals surface area contributed by atoms with Crippen molar-refractivity contribution in [2.75, 3.05) is 0 Å². The van der Waals surface area contributed by atoms with Crippen molar-refractivity contribution in [2.45, 2.75) is 13.2 Å². The van der Waals surface area contributed by atoms with Gasteiger partial charge in [-0.25, -0.2) is 0 Å². The molecule has 0 aliphatic rings. The van der Waals surface area contributed by atoms with Gasteiger partial charge in [-0.3, -0.25) is 24.3 Å². The van der Waals surface area contributed by atoms with Crippen molar-refractivity contribution in [3.63, 3.8) is 0 Å². The second-order valence-corrected chi connectivity index (χ2v) is 4.74. The molecular weight excluding hydrogens is 340 g/mol. The van der Waals surface area contributed by atoms with E-state index >= 15 is 0 Å². The number of nitro groups is 1. The van der Waals surface area contributed by atoms with Crippen LogP contribution in [-0.4, -0.2) is 21.9 Å². The lowest BCUT2D eigenvalue weighted by molar-refractivity contribution is -0.385. The van der Waals surface area contributed by atoms with Gasteiger partial charge in [0.2, 0.25) is 0 Å². The van der Waals surface area contributed by atoms with Gasteiger partial charge in [0, 0.05) is 11.6 Å². The van der Waals surface area contributed by atoms with Gasteiger partial charge < -0.3 is 4.74 Å². The summed E-state index contributed by atoms with van der Waals surface area (Å²) in [6.45, 7) is -3.56. The molecule has 0 bridgehead atoms. The molecule has 1 heterocycles. The molecule has 0 aliphatic heterocycles. The van der Waals surface area contributed by atoms with E-state index in [1.807, 2.05) is 0 Å². The number of hydrogen-bond donors (Lipinski definition) is 0. The van der Waals surface area contributed by atoms with Crippen molar-refractivity contribution in [1.29, 1.82) is 5.26 Å². The highest BCUT2D eigenvalue weighted by molar-refractivity contribution is 5.96. The first-order chi connectivity index (χ1) is 11.8. The fraction of sp³-hybridized carbons (Fsp3) is 0.133. The minimum absolute atomic E-state index is 0.0820. The molecule has 0 amide bonds. The molecule has 1 aromatic heterocycles. The number of alkyl halides is 2. The number of pyridine rings is 1. The molecule has 0 fully saturated rings. The van der Waals surface area contributed by atoms with E-state index in [0.717, 1.165) is 29.0 Å². The van der Waals surface area contributed by atoms with Gasteiger partial charge in [-0.2, -0.15) is 14.0 Å². The third-order valence-electron chi connectivity index (χ3n) is 3.12. The molecule has 0 radical (unpaired) electrons. The van der Waals surface area contributed by atoms with Gasteiger partial charge in [0.15, 0.2) is 5.78 Å². The van der Waals surface area contributed by atoms with Crippen LogP contribution in [0.15, 0.2) is 41.3 Å². The van der Waals surface area contributed by atoms with Gasteiger partial charge in [0.05, 0.1) is 17.7 Å². The van der Waals surface area contributed by atoms with E-state index in [0.29, 0.717) is 0 Å². The Balaban J connectivity index is 2.28. The number of rotatable bonds is 6. The number of hydrogen-bond acceptors (Lipinski definition) is 6. The number of benzene rings is 1. The summed E-state index contributed by atoms with van der Waals surface area (Å²) in [7, 11) is 0. The third-order valence-corrected chi connectivity index (χ3v) is 3.12. The molecule has 0 N–H and O–H groups in total. The molecule has 10 heteroatoms. The van der Waals surface area contributed by atoms with Crippen LogP contribution < -0.4 is 10.3 Å². The normalized spacial score (nSPS) is 10.3. The zero-order valence-corrected chi connectivity index (χ0v) is 12.4. The molecule has 0 saturated heterocycles. The largest absolute Gasteiger partial charge is 0.435 e. The number of ketones is 1. The Kier molecular flexibility index (Phi) is 5.18.